The first-order chi connectivity index (χ1) is 10.1. The van der Waals surface area contributed by atoms with Gasteiger partial charge < -0.3 is 5.32 Å². The molecule has 0 radical (unpaired) electrons. The van der Waals surface area contributed by atoms with Crippen molar-refractivity contribution < 1.29 is 9.59 Å². The minimum atomic E-state index is -0.734. The van der Waals surface area contributed by atoms with Crippen LogP contribution in [0.1, 0.15) is 51.0 Å². The molecule has 0 saturated heterocycles. The minimum absolute atomic E-state index is 0.431. The Balaban J connectivity index is 1.88. The topological polar surface area (TPSA) is 70.6 Å². The van der Waals surface area contributed by atoms with Gasteiger partial charge in [0.2, 0.25) is 0 Å². The first kappa shape index (κ1) is 15.2. The van der Waals surface area contributed by atoms with E-state index in [0.717, 1.165) is 31.4 Å². The number of hydrogen-bond acceptors (Lipinski definition) is 3. The van der Waals surface area contributed by atoms with E-state index in [1.54, 1.807) is 12.1 Å². The van der Waals surface area contributed by atoms with Crippen molar-refractivity contribution in [3.8, 4) is 0 Å². The maximum atomic E-state index is 11.7. The van der Waals surface area contributed by atoms with Crippen molar-refractivity contribution in [1.82, 2.24) is 5.43 Å². The fourth-order valence-corrected chi connectivity index (χ4v) is 2.21. The SMILES string of the molecule is CC(C)c1ccc(NC(=O)C(=O)NN=C2CCCC2)cc1. The van der Waals surface area contributed by atoms with E-state index in [4.69, 9.17) is 0 Å². The summed E-state index contributed by atoms with van der Waals surface area (Å²) in [6.07, 6.45) is 4.00. The number of amides is 2. The molecule has 2 rings (SSSR count). The van der Waals surface area contributed by atoms with Gasteiger partial charge in [-0.15, -0.1) is 0 Å². The molecule has 112 valence electrons. The maximum absolute atomic E-state index is 11.7. The molecule has 1 aromatic carbocycles. The number of carbonyl (C=O) groups is 2. The Bertz CT molecular complexity index is 539. The third-order valence-corrected chi connectivity index (χ3v) is 3.54. The monoisotopic (exact) mass is 287 g/mol. The van der Waals surface area contributed by atoms with Crippen LogP contribution >= 0.6 is 0 Å². The third kappa shape index (κ3) is 4.41. The number of anilines is 1. The molecular formula is C16H21N3O2. The van der Waals surface area contributed by atoms with Crippen molar-refractivity contribution in [1.29, 1.82) is 0 Å². The summed E-state index contributed by atoms with van der Waals surface area (Å²) in [6, 6.07) is 7.47. The highest BCUT2D eigenvalue weighted by molar-refractivity contribution is 6.39. The molecule has 0 aromatic heterocycles. The zero-order valence-electron chi connectivity index (χ0n) is 12.5. The summed E-state index contributed by atoms with van der Waals surface area (Å²) in [7, 11) is 0. The summed E-state index contributed by atoms with van der Waals surface area (Å²) in [5.74, 6) is -1.00. The van der Waals surface area contributed by atoms with Gasteiger partial charge in [-0.05, 0) is 49.3 Å². The van der Waals surface area contributed by atoms with Gasteiger partial charge in [0.1, 0.15) is 0 Å². The lowest BCUT2D eigenvalue weighted by atomic mass is 10.0. The standard InChI is InChI=1S/C16H21N3O2/c1-11(2)12-7-9-13(10-8-12)17-15(20)16(21)19-18-14-5-3-4-6-14/h7-11H,3-6H2,1-2H3,(H,17,20)(H,19,21). The van der Waals surface area contributed by atoms with Gasteiger partial charge in [0.05, 0.1) is 0 Å². The fourth-order valence-electron chi connectivity index (χ4n) is 2.21. The van der Waals surface area contributed by atoms with Crippen LogP contribution in [0, 0.1) is 0 Å². The minimum Gasteiger partial charge on any atom is -0.318 e. The average molecular weight is 287 g/mol. The number of nitrogens with one attached hydrogen (secondary N) is 2. The molecule has 0 aliphatic heterocycles. The van der Waals surface area contributed by atoms with Gasteiger partial charge in [-0.3, -0.25) is 9.59 Å². The van der Waals surface area contributed by atoms with Crippen molar-refractivity contribution >= 4 is 23.2 Å². The normalized spacial score (nSPS) is 14.1. The Morgan fingerprint density at radius 2 is 1.67 bits per heavy atom. The van der Waals surface area contributed by atoms with Crippen LogP contribution in [-0.4, -0.2) is 17.5 Å². The van der Waals surface area contributed by atoms with Gasteiger partial charge in [-0.2, -0.15) is 5.10 Å². The van der Waals surface area contributed by atoms with Gasteiger partial charge in [-0.25, -0.2) is 5.43 Å². The summed E-state index contributed by atoms with van der Waals surface area (Å²) in [6.45, 7) is 4.20. The third-order valence-electron chi connectivity index (χ3n) is 3.54. The molecule has 1 aliphatic rings. The lowest BCUT2D eigenvalue weighted by Gasteiger charge is -2.08. The highest BCUT2D eigenvalue weighted by Gasteiger charge is 2.14. The fraction of sp³-hybridized carbons (Fsp3) is 0.438. The van der Waals surface area contributed by atoms with Gasteiger partial charge in [0.25, 0.3) is 0 Å². The summed E-state index contributed by atoms with van der Waals surface area (Å²) in [5, 5.41) is 6.54. The number of hydrazone groups is 1. The molecule has 1 aromatic rings. The molecule has 0 bridgehead atoms. The Morgan fingerprint density at radius 1 is 1.05 bits per heavy atom. The number of rotatable bonds is 3. The van der Waals surface area contributed by atoms with E-state index >= 15 is 0 Å². The van der Waals surface area contributed by atoms with E-state index in [1.807, 2.05) is 12.1 Å². The van der Waals surface area contributed by atoms with Crippen molar-refractivity contribution in [2.45, 2.75) is 45.4 Å². The maximum Gasteiger partial charge on any atom is 0.329 e. The number of carbonyl (C=O) groups excluding carboxylic acids is 2. The second-order valence-corrected chi connectivity index (χ2v) is 5.56. The largest absolute Gasteiger partial charge is 0.329 e. The molecule has 21 heavy (non-hydrogen) atoms. The molecule has 1 aliphatic carbocycles. The number of benzene rings is 1. The lowest BCUT2D eigenvalue weighted by molar-refractivity contribution is -0.136. The van der Waals surface area contributed by atoms with Crippen molar-refractivity contribution in [2.75, 3.05) is 5.32 Å². The summed E-state index contributed by atoms with van der Waals surface area (Å²) in [5.41, 5.74) is 5.06. The molecule has 0 heterocycles. The second-order valence-electron chi connectivity index (χ2n) is 5.56. The molecule has 5 nitrogen and oxygen atoms in total. The first-order valence-corrected chi connectivity index (χ1v) is 7.33. The summed E-state index contributed by atoms with van der Waals surface area (Å²) < 4.78 is 0. The van der Waals surface area contributed by atoms with Crippen LogP contribution in [0.15, 0.2) is 29.4 Å². The Morgan fingerprint density at radius 3 is 2.24 bits per heavy atom. The van der Waals surface area contributed by atoms with Crippen LogP contribution in [0.3, 0.4) is 0 Å². The second kappa shape index (κ2) is 7.02. The summed E-state index contributed by atoms with van der Waals surface area (Å²) >= 11 is 0. The predicted octanol–water partition coefficient (Wildman–Crippen LogP) is 2.79. The van der Waals surface area contributed by atoms with Crippen molar-refractivity contribution in [3.63, 3.8) is 0 Å². The lowest BCUT2D eigenvalue weighted by Crippen LogP contribution is -2.32. The van der Waals surface area contributed by atoms with Crippen LogP contribution in [-0.2, 0) is 9.59 Å². The number of nitrogens with zero attached hydrogens (tertiary/aromatic N) is 1. The van der Waals surface area contributed by atoms with Gasteiger partial charge in [0.15, 0.2) is 0 Å². The predicted molar refractivity (Wildman–Crippen MR) is 83.2 cm³/mol. The van der Waals surface area contributed by atoms with Crippen LogP contribution in [0.4, 0.5) is 5.69 Å². The smallest absolute Gasteiger partial charge is 0.318 e. The molecule has 0 unspecified atom stereocenters. The van der Waals surface area contributed by atoms with E-state index in [0.29, 0.717) is 11.6 Å². The quantitative estimate of drug-likeness (QED) is 0.663. The Hall–Kier alpha value is -2.17. The van der Waals surface area contributed by atoms with E-state index in [2.05, 4.69) is 29.7 Å². The van der Waals surface area contributed by atoms with Crippen molar-refractivity contribution in [3.05, 3.63) is 29.8 Å². The molecule has 5 heteroatoms. The van der Waals surface area contributed by atoms with Gasteiger partial charge in [0, 0.05) is 11.4 Å². The Kier molecular flexibility index (Phi) is 5.09. The van der Waals surface area contributed by atoms with Crippen LogP contribution in [0.25, 0.3) is 0 Å². The molecule has 0 spiro atoms. The van der Waals surface area contributed by atoms with E-state index in [1.165, 1.54) is 5.56 Å². The molecule has 1 fully saturated rings. The van der Waals surface area contributed by atoms with Gasteiger partial charge >= 0.3 is 11.8 Å². The molecule has 2 N–H and O–H groups in total. The number of hydrogen-bond donors (Lipinski definition) is 2. The molecular weight excluding hydrogens is 266 g/mol. The van der Waals surface area contributed by atoms with Crippen LogP contribution in [0.2, 0.25) is 0 Å². The first-order valence-electron chi connectivity index (χ1n) is 7.33. The highest BCUT2D eigenvalue weighted by Crippen LogP contribution is 2.17. The van der Waals surface area contributed by atoms with E-state index in [-0.39, 0.29) is 0 Å². The molecule has 2 amide bonds. The van der Waals surface area contributed by atoms with Crippen molar-refractivity contribution in [2.24, 2.45) is 5.10 Å². The van der Waals surface area contributed by atoms with E-state index in [9.17, 15) is 9.59 Å². The van der Waals surface area contributed by atoms with Crippen LogP contribution in [0.5, 0.6) is 0 Å². The summed E-state index contributed by atoms with van der Waals surface area (Å²) in [4.78, 5) is 23.4. The molecule has 0 atom stereocenters. The Labute approximate surface area is 124 Å². The highest BCUT2D eigenvalue weighted by atomic mass is 16.2. The van der Waals surface area contributed by atoms with E-state index < -0.39 is 11.8 Å². The van der Waals surface area contributed by atoms with Crippen LogP contribution < -0.4 is 10.7 Å². The van der Waals surface area contributed by atoms with Gasteiger partial charge in [-0.1, -0.05) is 26.0 Å². The molecule has 1 saturated carbocycles. The zero-order valence-corrected chi connectivity index (χ0v) is 12.5. The average Bonchev–Trinajstić information content (AvgIpc) is 2.98. The zero-order chi connectivity index (χ0) is 15.2.